The van der Waals surface area contributed by atoms with Gasteiger partial charge in [-0.05, 0) is 35.7 Å². The van der Waals surface area contributed by atoms with Crippen molar-refractivity contribution < 1.29 is 18.0 Å². The molecule has 0 bridgehead atoms. The molecular formula is C27H31N3O4S. The van der Waals surface area contributed by atoms with Gasteiger partial charge in [0.25, 0.3) is 0 Å². The summed E-state index contributed by atoms with van der Waals surface area (Å²) in [5, 5.41) is 2.67. The second-order valence-corrected chi connectivity index (χ2v) is 10.3. The van der Waals surface area contributed by atoms with E-state index in [2.05, 4.69) is 5.32 Å². The van der Waals surface area contributed by atoms with Crippen LogP contribution in [0.4, 0.5) is 5.69 Å². The minimum atomic E-state index is -3.75. The van der Waals surface area contributed by atoms with E-state index in [1.807, 2.05) is 61.5 Å². The minimum absolute atomic E-state index is 0.169. The summed E-state index contributed by atoms with van der Waals surface area (Å²) in [4.78, 5) is 28.3. The van der Waals surface area contributed by atoms with E-state index in [1.54, 1.807) is 30.3 Å². The predicted octanol–water partition coefficient (Wildman–Crippen LogP) is 3.15. The molecule has 3 rings (SSSR count). The SMILES string of the molecule is CNC(=O)[C@H](Cc1ccccc1)N(Cc1ccccc1C)C(=O)CN(c1ccccc1)S(C)(=O)=O. The Morgan fingerprint density at radius 3 is 2.03 bits per heavy atom. The molecule has 7 nitrogen and oxygen atoms in total. The molecule has 0 unspecified atom stereocenters. The molecule has 0 fully saturated rings. The number of aryl methyl sites for hydroxylation is 1. The molecule has 35 heavy (non-hydrogen) atoms. The zero-order valence-electron chi connectivity index (χ0n) is 20.2. The Morgan fingerprint density at radius 1 is 0.886 bits per heavy atom. The van der Waals surface area contributed by atoms with Crippen LogP contribution in [0.5, 0.6) is 0 Å². The van der Waals surface area contributed by atoms with Gasteiger partial charge in [0.2, 0.25) is 21.8 Å². The molecular weight excluding hydrogens is 462 g/mol. The lowest BCUT2D eigenvalue weighted by Gasteiger charge is -2.33. The number of sulfonamides is 1. The highest BCUT2D eigenvalue weighted by Crippen LogP contribution is 2.20. The molecule has 1 atom stereocenters. The zero-order valence-corrected chi connectivity index (χ0v) is 21.0. The van der Waals surface area contributed by atoms with Crippen molar-refractivity contribution in [3.63, 3.8) is 0 Å². The number of amides is 2. The summed E-state index contributed by atoms with van der Waals surface area (Å²) in [6, 6.07) is 24.7. The molecule has 0 aliphatic rings. The molecule has 184 valence electrons. The molecule has 0 aliphatic heterocycles. The molecule has 0 heterocycles. The number of hydrogen-bond acceptors (Lipinski definition) is 4. The first-order valence-electron chi connectivity index (χ1n) is 11.3. The molecule has 1 N–H and O–H groups in total. The Kier molecular flexibility index (Phi) is 8.65. The Bertz CT molecular complexity index is 1250. The van der Waals surface area contributed by atoms with Gasteiger partial charge in [0, 0.05) is 20.0 Å². The van der Waals surface area contributed by atoms with Crippen molar-refractivity contribution in [1.82, 2.24) is 10.2 Å². The van der Waals surface area contributed by atoms with E-state index in [9.17, 15) is 18.0 Å². The molecule has 3 aromatic rings. The number of carbonyl (C=O) groups is 2. The molecule has 0 spiro atoms. The van der Waals surface area contributed by atoms with Gasteiger partial charge in [-0.25, -0.2) is 8.42 Å². The van der Waals surface area contributed by atoms with E-state index in [4.69, 9.17) is 0 Å². The minimum Gasteiger partial charge on any atom is -0.357 e. The summed E-state index contributed by atoms with van der Waals surface area (Å²) in [7, 11) is -2.22. The molecule has 0 aliphatic carbocycles. The third-order valence-corrected chi connectivity index (χ3v) is 6.98. The van der Waals surface area contributed by atoms with Gasteiger partial charge in [-0.15, -0.1) is 0 Å². The van der Waals surface area contributed by atoms with Crippen LogP contribution < -0.4 is 9.62 Å². The van der Waals surface area contributed by atoms with Gasteiger partial charge in [0.05, 0.1) is 11.9 Å². The topological polar surface area (TPSA) is 86.8 Å². The number of anilines is 1. The number of carbonyl (C=O) groups excluding carboxylic acids is 2. The Morgan fingerprint density at radius 2 is 1.46 bits per heavy atom. The summed E-state index contributed by atoms with van der Waals surface area (Å²) in [5.74, 6) is -0.784. The number of para-hydroxylation sites is 1. The van der Waals surface area contributed by atoms with E-state index < -0.39 is 28.5 Å². The Balaban J connectivity index is 2.02. The largest absolute Gasteiger partial charge is 0.357 e. The number of hydrogen-bond donors (Lipinski definition) is 1. The lowest BCUT2D eigenvalue weighted by atomic mass is 10.0. The molecule has 0 saturated heterocycles. The van der Waals surface area contributed by atoms with Crippen LogP contribution >= 0.6 is 0 Å². The first-order valence-corrected chi connectivity index (χ1v) is 13.2. The molecule has 0 aromatic heterocycles. The van der Waals surface area contributed by atoms with Gasteiger partial charge in [-0.2, -0.15) is 0 Å². The van der Waals surface area contributed by atoms with Crippen LogP contribution in [-0.4, -0.2) is 51.0 Å². The van der Waals surface area contributed by atoms with E-state index in [1.165, 1.54) is 11.9 Å². The smallest absolute Gasteiger partial charge is 0.244 e. The summed E-state index contributed by atoms with van der Waals surface area (Å²) < 4.78 is 26.3. The molecule has 0 saturated carbocycles. The number of likely N-dealkylation sites (N-methyl/N-ethyl adjacent to an activating group) is 1. The van der Waals surface area contributed by atoms with E-state index in [0.29, 0.717) is 12.1 Å². The molecule has 8 heteroatoms. The fourth-order valence-corrected chi connectivity index (χ4v) is 4.75. The number of rotatable bonds is 10. The van der Waals surface area contributed by atoms with Gasteiger partial charge in [-0.3, -0.25) is 13.9 Å². The highest BCUT2D eigenvalue weighted by atomic mass is 32.2. The van der Waals surface area contributed by atoms with Gasteiger partial charge in [0.1, 0.15) is 12.6 Å². The van der Waals surface area contributed by atoms with Crippen LogP contribution in [0.2, 0.25) is 0 Å². The second-order valence-electron chi connectivity index (χ2n) is 8.37. The highest BCUT2D eigenvalue weighted by Gasteiger charge is 2.32. The average Bonchev–Trinajstić information content (AvgIpc) is 2.85. The summed E-state index contributed by atoms with van der Waals surface area (Å²) in [5.41, 5.74) is 3.14. The monoisotopic (exact) mass is 493 g/mol. The summed E-state index contributed by atoms with van der Waals surface area (Å²) in [6.45, 7) is 1.69. The Labute approximate surface area is 207 Å². The average molecular weight is 494 g/mol. The van der Waals surface area contributed by atoms with Gasteiger partial charge in [-0.1, -0.05) is 72.8 Å². The van der Waals surface area contributed by atoms with Crippen LogP contribution in [0.1, 0.15) is 16.7 Å². The van der Waals surface area contributed by atoms with Crippen LogP contribution in [0.25, 0.3) is 0 Å². The number of nitrogens with one attached hydrogen (secondary N) is 1. The third kappa shape index (κ3) is 6.93. The van der Waals surface area contributed by atoms with Crippen molar-refractivity contribution >= 4 is 27.5 Å². The van der Waals surface area contributed by atoms with E-state index in [-0.39, 0.29) is 12.5 Å². The van der Waals surface area contributed by atoms with Gasteiger partial charge in [0.15, 0.2) is 0 Å². The molecule has 3 aromatic carbocycles. The van der Waals surface area contributed by atoms with Crippen LogP contribution in [0, 0.1) is 6.92 Å². The highest BCUT2D eigenvalue weighted by molar-refractivity contribution is 7.92. The van der Waals surface area contributed by atoms with Crippen molar-refractivity contribution in [3.05, 3.63) is 102 Å². The fraction of sp³-hybridized carbons (Fsp3) is 0.259. The predicted molar refractivity (Wildman–Crippen MR) is 138 cm³/mol. The van der Waals surface area contributed by atoms with Crippen LogP contribution in [0.3, 0.4) is 0 Å². The van der Waals surface area contributed by atoms with Crippen molar-refractivity contribution in [2.75, 3.05) is 24.2 Å². The maximum Gasteiger partial charge on any atom is 0.244 e. The molecule has 0 radical (unpaired) electrons. The third-order valence-electron chi connectivity index (χ3n) is 5.84. The first kappa shape index (κ1) is 26.0. The number of benzene rings is 3. The standard InChI is InChI=1S/C27H31N3O4S/c1-21-12-10-11-15-23(21)19-29(25(27(32)28-2)18-22-13-6-4-7-14-22)26(31)20-30(35(3,33)34)24-16-8-5-9-17-24/h4-17,25H,18-20H2,1-3H3,(H,28,32)/t25-/m0/s1. The maximum atomic E-state index is 13.8. The second kappa shape index (κ2) is 11.7. The van der Waals surface area contributed by atoms with Gasteiger partial charge < -0.3 is 10.2 Å². The van der Waals surface area contributed by atoms with Crippen molar-refractivity contribution in [1.29, 1.82) is 0 Å². The first-order chi connectivity index (χ1) is 16.7. The number of nitrogens with zero attached hydrogens (tertiary/aromatic N) is 2. The fourth-order valence-electron chi connectivity index (χ4n) is 3.90. The van der Waals surface area contributed by atoms with Crippen molar-refractivity contribution in [2.45, 2.75) is 25.9 Å². The zero-order chi connectivity index (χ0) is 25.4. The van der Waals surface area contributed by atoms with E-state index in [0.717, 1.165) is 27.3 Å². The van der Waals surface area contributed by atoms with Crippen molar-refractivity contribution in [2.24, 2.45) is 0 Å². The quantitative estimate of drug-likeness (QED) is 0.470. The summed E-state index contributed by atoms with van der Waals surface area (Å²) in [6.07, 6.45) is 1.36. The van der Waals surface area contributed by atoms with Crippen LogP contribution in [0.15, 0.2) is 84.9 Å². The van der Waals surface area contributed by atoms with Crippen LogP contribution in [-0.2, 0) is 32.6 Å². The lowest BCUT2D eigenvalue weighted by Crippen LogP contribution is -2.53. The lowest BCUT2D eigenvalue weighted by molar-refractivity contribution is -0.139. The maximum absolute atomic E-state index is 13.8. The van der Waals surface area contributed by atoms with E-state index >= 15 is 0 Å². The van der Waals surface area contributed by atoms with Crippen molar-refractivity contribution in [3.8, 4) is 0 Å². The Hall–Kier alpha value is -3.65. The summed E-state index contributed by atoms with van der Waals surface area (Å²) >= 11 is 0. The normalized spacial score (nSPS) is 12.0. The molecule has 2 amide bonds. The van der Waals surface area contributed by atoms with Gasteiger partial charge >= 0.3 is 0 Å².